The van der Waals surface area contributed by atoms with Crippen molar-refractivity contribution in [2.24, 2.45) is 5.73 Å². The normalized spacial score (nSPS) is 17.2. The molecule has 1 aliphatic rings. The summed E-state index contributed by atoms with van der Waals surface area (Å²) in [6.45, 7) is 7.88. The monoisotopic (exact) mass is 386 g/mol. The zero-order chi connectivity index (χ0) is 16.6. The number of methoxy groups -OCH3 is 1. The number of halogens is 2. The Kier molecular flexibility index (Phi) is 13.6. The van der Waals surface area contributed by atoms with Crippen molar-refractivity contribution in [1.82, 2.24) is 15.1 Å². The molecule has 0 spiro atoms. The number of nitrogens with zero attached hydrogens (tertiary/aromatic N) is 2. The summed E-state index contributed by atoms with van der Waals surface area (Å²) in [6, 6.07) is 0. The van der Waals surface area contributed by atoms with Crippen LogP contribution in [-0.4, -0.2) is 80.1 Å². The van der Waals surface area contributed by atoms with E-state index in [0.29, 0.717) is 52.3 Å². The first kappa shape index (κ1) is 25.6. The van der Waals surface area contributed by atoms with Crippen LogP contribution in [0, 0.1) is 0 Å². The van der Waals surface area contributed by atoms with Crippen LogP contribution >= 0.6 is 24.8 Å². The lowest BCUT2D eigenvalue weighted by Gasteiger charge is -2.38. The van der Waals surface area contributed by atoms with E-state index in [2.05, 4.69) is 10.2 Å². The Labute approximate surface area is 157 Å². The lowest BCUT2D eigenvalue weighted by atomic mass is 9.95. The van der Waals surface area contributed by atoms with Crippen LogP contribution in [0.2, 0.25) is 0 Å². The molecule has 0 aromatic rings. The molecule has 7 nitrogen and oxygen atoms in total. The van der Waals surface area contributed by atoms with E-state index in [1.807, 2.05) is 11.8 Å². The van der Waals surface area contributed by atoms with E-state index in [1.54, 1.807) is 14.0 Å². The van der Waals surface area contributed by atoms with Gasteiger partial charge in [0.1, 0.15) is 0 Å². The Bertz CT molecular complexity index is 376. The van der Waals surface area contributed by atoms with Crippen molar-refractivity contribution in [3.8, 4) is 0 Å². The SMILES string of the molecule is CCCC(C)(N)C(=O)N1CCN(CC(=O)NCCOC)CC1.Cl.Cl. The number of hydrogen-bond acceptors (Lipinski definition) is 5. The molecule has 1 saturated heterocycles. The van der Waals surface area contributed by atoms with Crippen LogP contribution in [-0.2, 0) is 14.3 Å². The number of rotatable bonds is 8. The zero-order valence-electron chi connectivity index (χ0n) is 14.9. The highest BCUT2D eigenvalue weighted by Gasteiger charge is 2.33. The zero-order valence-corrected chi connectivity index (χ0v) is 16.5. The van der Waals surface area contributed by atoms with E-state index in [4.69, 9.17) is 10.5 Å². The summed E-state index contributed by atoms with van der Waals surface area (Å²) in [5.41, 5.74) is 5.32. The Balaban J connectivity index is 0. The number of carbonyl (C=O) groups is 2. The van der Waals surface area contributed by atoms with Crippen LogP contribution in [0.3, 0.4) is 0 Å². The van der Waals surface area contributed by atoms with Gasteiger partial charge in [-0.15, -0.1) is 24.8 Å². The first-order valence-corrected chi connectivity index (χ1v) is 7.97. The molecule has 0 radical (unpaired) electrons. The fourth-order valence-corrected chi connectivity index (χ4v) is 2.65. The third-order valence-electron chi connectivity index (χ3n) is 3.91. The van der Waals surface area contributed by atoms with Crippen molar-refractivity contribution in [1.29, 1.82) is 0 Å². The van der Waals surface area contributed by atoms with Crippen LogP contribution in [0.1, 0.15) is 26.7 Å². The molecule has 144 valence electrons. The molecule has 9 heteroatoms. The first-order valence-electron chi connectivity index (χ1n) is 7.97. The standard InChI is InChI=1S/C15H30N4O3.2ClH/c1-4-5-15(2,16)14(21)19-9-7-18(8-10-19)12-13(20)17-6-11-22-3;;/h4-12,16H2,1-3H3,(H,17,20);2*1H. The van der Waals surface area contributed by atoms with Gasteiger partial charge in [0.15, 0.2) is 0 Å². The Morgan fingerprint density at radius 3 is 2.29 bits per heavy atom. The molecular weight excluding hydrogens is 355 g/mol. The fraction of sp³-hybridized carbons (Fsp3) is 0.867. The van der Waals surface area contributed by atoms with Crippen LogP contribution in [0.5, 0.6) is 0 Å². The van der Waals surface area contributed by atoms with Crippen molar-refractivity contribution in [2.75, 3.05) is 53.0 Å². The summed E-state index contributed by atoms with van der Waals surface area (Å²) in [5, 5.41) is 2.80. The summed E-state index contributed by atoms with van der Waals surface area (Å²) in [6.07, 6.45) is 1.58. The van der Waals surface area contributed by atoms with E-state index < -0.39 is 5.54 Å². The number of hydrogen-bond donors (Lipinski definition) is 2. The molecule has 1 atom stereocenters. The van der Waals surface area contributed by atoms with Crippen LogP contribution in [0.25, 0.3) is 0 Å². The molecule has 2 amide bonds. The van der Waals surface area contributed by atoms with Crippen LogP contribution in [0.15, 0.2) is 0 Å². The quantitative estimate of drug-likeness (QED) is 0.583. The topological polar surface area (TPSA) is 87.9 Å². The van der Waals surface area contributed by atoms with Crippen molar-refractivity contribution < 1.29 is 14.3 Å². The second-order valence-electron chi connectivity index (χ2n) is 6.08. The number of amides is 2. The van der Waals surface area contributed by atoms with Crippen LogP contribution in [0.4, 0.5) is 0 Å². The summed E-state index contributed by atoms with van der Waals surface area (Å²) < 4.78 is 4.89. The van der Waals surface area contributed by atoms with Crippen molar-refractivity contribution in [2.45, 2.75) is 32.2 Å². The summed E-state index contributed by atoms with van der Waals surface area (Å²) >= 11 is 0. The molecule has 0 aromatic carbocycles. The molecule has 1 fully saturated rings. The van der Waals surface area contributed by atoms with E-state index >= 15 is 0 Å². The molecule has 1 unspecified atom stereocenters. The van der Waals surface area contributed by atoms with Gasteiger partial charge in [0.05, 0.1) is 18.7 Å². The molecular formula is C15H32Cl2N4O3. The highest BCUT2D eigenvalue weighted by molar-refractivity contribution is 5.86. The number of piperazine rings is 1. The van der Waals surface area contributed by atoms with Gasteiger partial charge < -0.3 is 20.7 Å². The number of carbonyl (C=O) groups excluding carboxylic acids is 2. The van der Waals surface area contributed by atoms with E-state index in [0.717, 1.165) is 6.42 Å². The molecule has 24 heavy (non-hydrogen) atoms. The van der Waals surface area contributed by atoms with Gasteiger partial charge in [-0.05, 0) is 13.3 Å². The van der Waals surface area contributed by atoms with E-state index in [1.165, 1.54) is 0 Å². The third kappa shape index (κ3) is 8.48. The second kappa shape index (κ2) is 12.7. The van der Waals surface area contributed by atoms with Gasteiger partial charge in [0.25, 0.3) is 0 Å². The van der Waals surface area contributed by atoms with Crippen molar-refractivity contribution in [3.63, 3.8) is 0 Å². The Hall–Kier alpha value is -0.600. The van der Waals surface area contributed by atoms with Gasteiger partial charge in [-0.3, -0.25) is 14.5 Å². The molecule has 1 rings (SSSR count). The van der Waals surface area contributed by atoms with E-state index in [-0.39, 0.29) is 36.6 Å². The van der Waals surface area contributed by atoms with Crippen molar-refractivity contribution >= 4 is 36.6 Å². The molecule has 3 N–H and O–H groups in total. The third-order valence-corrected chi connectivity index (χ3v) is 3.91. The Morgan fingerprint density at radius 1 is 1.21 bits per heavy atom. The minimum atomic E-state index is -0.783. The number of nitrogens with one attached hydrogen (secondary N) is 1. The Morgan fingerprint density at radius 2 is 1.79 bits per heavy atom. The lowest BCUT2D eigenvalue weighted by Crippen LogP contribution is -2.58. The van der Waals surface area contributed by atoms with Gasteiger partial charge >= 0.3 is 0 Å². The predicted octanol–water partition coefficient (Wildman–Crippen LogP) is 0.254. The highest BCUT2D eigenvalue weighted by atomic mass is 35.5. The molecule has 0 saturated carbocycles. The maximum Gasteiger partial charge on any atom is 0.242 e. The summed E-state index contributed by atoms with van der Waals surface area (Å²) in [4.78, 5) is 28.0. The van der Waals surface area contributed by atoms with Gasteiger partial charge in [0, 0.05) is 39.8 Å². The average Bonchev–Trinajstić information content (AvgIpc) is 2.47. The molecule has 0 bridgehead atoms. The van der Waals surface area contributed by atoms with Gasteiger partial charge in [0.2, 0.25) is 11.8 Å². The predicted molar refractivity (Wildman–Crippen MR) is 99.9 cm³/mol. The maximum absolute atomic E-state index is 12.4. The highest BCUT2D eigenvalue weighted by Crippen LogP contribution is 2.14. The number of nitrogens with two attached hydrogens (primary N) is 1. The van der Waals surface area contributed by atoms with Gasteiger partial charge in [-0.2, -0.15) is 0 Å². The minimum Gasteiger partial charge on any atom is -0.383 e. The van der Waals surface area contributed by atoms with Crippen molar-refractivity contribution in [3.05, 3.63) is 0 Å². The smallest absolute Gasteiger partial charge is 0.242 e. The van der Waals surface area contributed by atoms with E-state index in [9.17, 15) is 9.59 Å². The first-order chi connectivity index (χ1) is 10.4. The maximum atomic E-state index is 12.4. The number of ether oxygens (including phenoxy) is 1. The lowest BCUT2D eigenvalue weighted by molar-refractivity contribution is -0.138. The molecule has 0 aliphatic carbocycles. The van der Waals surface area contributed by atoms with Crippen LogP contribution < -0.4 is 11.1 Å². The summed E-state index contributed by atoms with van der Waals surface area (Å²) in [7, 11) is 1.60. The molecule has 1 aliphatic heterocycles. The second-order valence-corrected chi connectivity index (χ2v) is 6.08. The summed E-state index contributed by atoms with van der Waals surface area (Å²) in [5.74, 6) is 0.00465. The molecule has 0 aromatic heterocycles. The van der Waals surface area contributed by atoms with Gasteiger partial charge in [-0.1, -0.05) is 13.3 Å². The largest absolute Gasteiger partial charge is 0.383 e. The minimum absolute atomic E-state index is 0. The fourth-order valence-electron chi connectivity index (χ4n) is 2.65. The molecule has 1 heterocycles. The van der Waals surface area contributed by atoms with Gasteiger partial charge in [-0.25, -0.2) is 0 Å². The average molecular weight is 387 g/mol.